The Kier molecular flexibility index (Phi) is 6.50. The van der Waals surface area contributed by atoms with Crippen LogP contribution < -0.4 is 10.6 Å². The van der Waals surface area contributed by atoms with Crippen LogP contribution in [0.25, 0.3) is 0 Å². The Bertz CT molecular complexity index is 980. The third-order valence-electron chi connectivity index (χ3n) is 4.03. The Morgan fingerprint density at radius 3 is 2.04 bits per heavy atom. The van der Waals surface area contributed by atoms with E-state index in [2.05, 4.69) is 10.6 Å². The minimum absolute atomic E-state index is 0.0451. The number of sulfone groups is 1. The summed E-state index contributed by atoms with van der Waals surface area (Å²) in [5, 5.41) is 5.14. The fraction of sp³-hybridized carbons (Fsp3) is 0.263. The van der Waals surface area contributed by atoms with E-state index in [0.29, 0.717) is 5.69 Å². The molecule has 0 radical (unpaired) electrons. The average molecular weight is 410 g/mol. The Labute approximate surface area is 161 Å². The number of rotatable bonds is 6. The number of nitrogens with one attached hydrogen (secondary N) is 2. The zero-order valence-corrected chi connectivity index (χ0v) is 16.4. The van der Waals surface area contributed by atoms with Crippen LogP contribution in [0.15, 0.2) is 41.3 Å². The van der Waals surface area contributed by atoms with Gasteiger partial charge in [0.1, 0.15) is 0 Å². The number of carbonyl (C=O) groups is 2. The normalized spacial score (nSPS) is 11.4. The topological polar surface area (TPSA) is 92.3 Å². The number of carbonyl (C=O) groups excluding carboxylic acids is 2. The lowest BCUT2D eigenvalue weighted by atomic mass is 10.1. The lowest BCUT2D eigenvalue weighted by molar-refractivity contribution is -0.115. The third kappa shape index (κ3) is 4.92. The van der Waals surface area contributed by atoms with Gasteiger partial charge >= 0.3 is 5.76 Å². The van der Waals surface area contributed by atoms with Crippen LogP contribution in [-0.2, 0) is 14.6 Å². The highest BCUT2D eigenvalue weighted by molar-refractivity contribution is 7.91. The lowest BCUT2D eigenvalue weighted by Crippen LogP contribution is -2.33. The molecule has 2 aromatic rings. The Hall–Kier alpha value is -2.81. The van der Waals surface area contributed by atoms with Gasteiger partial charge in [0.2, 0.25) is 15.7 Å². The molecule has 0 bridgehead atoms. The number of benzene rings is 2. The third-order valence-corrected chi connectivity index (χ3v) is 5.43. The minimum atomic E-state index is -4.72. The first-order chi connectivity index (χ1) is 13.0. The van der Waals surface area contributed by atoms with Crippen LogP contribution in [0.1, 0.15) is 27.0 Å². The zero-order valence-electron chi connectivity index (χ0n) is 15.5. The highest BCUT2D eigenvalue weighted by Gasteiger charge is 2.26. The number of anilines is 1. The molecule has 2 rings (SSSR count). The van der Waals surface area contributed by atoms with Gasteiger partial charge in [0, 0.05) is 11.3 Å². The van der Waals surface area contributed by atoms with Gasteiger partial charge in [0.25, 0.3) is 5.91 Å². The summed E-state index contributed by atoms with van der Waals surface area (Å²) >= 11 is 0. The largest absolute Gasteiger partial charge is 0.343 e. The standard InChI is InChI=1S/C19H20F2N2O4S/c1-11-8-12(2)17(13(3)9-11)23-16(24)10-22-18(25)14-4-6-15(7-5-14)28(26,27)19(20)21/h4-9,19H,10H2,1-3H3,(H,22,25)(H,23,24). The average Bonchev–Trinajstić information content (AvgIpc) is 2.62. The van der Waals surface area contributed by atoms with E-state index in [1.165, 1.54) is 0 Å². The summed E-state index contributed by atoms with van der Waals surface area (Å²) in [6, 6.07) is 7.92. The lowest BCUT2D eigenvalue weighted by Gasteiger charge is -2.13. The number of amides is 2. The number of alkyl halides is 2. The minimum Gasteiger partial charge on any atom is -0.343 e. The summed E-state index contributed by atoms with van der Waals surface area (Å²) in [7, 11) is -4.72. The summed E-state index contributed by atoms with van der Waals surface area (Å²) in [6.07, 6.45) is 0. The second-order valence-corrected chi connectivity index (χ2v) is 8.25. The predicted molar refractivity (Wildman–Crippen MR) is 101 cm³/mol. The van der Waals surface area contributed by atoms with Crippen molar-refractivity contribution < 1.29 is 26.8 Å². The van der Waals surface area contributed by atoms with Gasteiger partial charge in [-0.3, -0.25) is 9.59 Å². The highest BCUT2D eigenvalue weighted by Crippen LogP contribution is 2.22. The molecule has 0 aliphatic rings. The van der Waals surface area contributed by atoms with Gasteiger partial charge in [-0.2, -0.15) is 8.78 Å². The van der Waals surface area contributed by atoms with Gasteiger partial charge in [0.05, 0.1) is 11.4 Å². The fourth-order valence-corrected chi connectivity index (χ4v) is 3.44. The molecule has 150 valence electrons. The second-order valence-electron chi connectivity index (χ2n) is 6.33. The van der Waals surface area contributed by atoms with Crippen LogP contribution in [0.3, 0.4) is 0 Å². The molecule has 0 aliphatic heterocycles. The number of hydrogen-bond donors (Lipinski definition) is 2. The molecule has 0 unspecified atom stereocenters. The van der Waals surface area contributed by atoms with Gasteiger partial charge in [0.15, 0.2) is 0 Å². The molecule has 9 heteroatoms. The van der Waals surface area contributed by atoms with Crippen molar-refractivity contribution in [1.29, 1.82) is 0 Å². The van der Waals surface area contributed by atoms with E-state index in [-0.39, 0.29) is 12.1 Å². The van der Waals surface area contributed by atoms with Crippen molar-refractivity contribution in [3.63, 3.8) is 0 Å². The molecule has 28 heavy (non-hydrogen) atoms. The van der Waals surface area contributed by atoms with Crippen molar-refractivity contribution in [1.82, 2.24) is 5.32 Å². The van der Waals surface area contributed by atoms with Crippen LogP contribution >= 0.6 is 0 Å². The number of halogens is 2. The van der Waals surface area contributed by atoms with E-state index in [1.54, 1.807) is 0 Å². The van der Waals surface area contributed by atoms with E-state index in [1.807, 2.05) is 32.9 Å². The first-order valence-electron chi connectivity index (χ1n) is 8.30. The summed E-state index contributed by atoms with van der Waals surface area (Å²) in [5.74, 6) is -4.60. The first-order valence-corrected chi connectivity index (χ1v) is 9.85. The molecule has 0 atom stereocenters. The van der Waals surface area contributed by atoms with Crippen LogP contribution in [0.4, 0.5) is 14.5 Å². The summed E-state index contributed by atoms with van der Waals surface area (Å²) < 4.78 is 47.8. The summed E-state index contributed by atoms with van der Waals surface area (Å²) in [6.45, 7) is 5.37. The van der Waals surface area contributed by atoms with Crippen LogP contribution in [-0.4, -0.2) is 32.5 Å². The second kappa shape index (κ2) is 8.47. The van der Waals surface area contributed by atoms with E-state index in [0.717, 1.165) is 41.0 Å². The zero-order chi connectivity index (χ0) is 21.1. The molecule has 0 aliphatic carbocycles. The molecule has 0 heterocycles. The number of aryl methyl sites for hydroxylation is 3. The van der Waals surface area contributed by atoms with Gasteiger partial charge in [-0.15, -0.1) is 0 Å². The molecule has 0 fully saturated rings. The molecular weight excluding hydrogens is 390 g/mol. The van der Waals surface area contributed by atoms with Crippen molar-refractivity contribution in [3.8, 4) is 0 Å². The van der Waals surface area contributed by atoms with Crippen molar-refractivity contribution in [3.05, 3.63) is 58.7 Å². The van der Waals surface area contributed by atoms with Gasteiger partial charge in [-0.1, -0.05) is 17.7 Å². The van der Waals surface area contributed by atoms with E-state index >= 15 is 0 Å². The molecule has 6 nitrogen and oxygen atoms in total. The molecular formula is C19H20F2N2O4S. The predicted octanol–water partition coefficient (Wildman–Crippen LogP) is 2.98. The molecule has 0 saturated carbocycles. The highest BCUT2D eigenvalue weighted by atomic mass is 32.2. The Morgan fingerprint density at radius 1 is 1.00 bits per heavy atom. The fourth-order valence-electron chi connectivity index (χ4n) is 2.72. The van der Waals surface area contributed by atoms with Gasteiger partial charge in [-0.05, 0) is 56.2 Å². The molecule has 2 N–H and O–H groups in total. The van der Waals surface area contributed by atoms with Crippen LogP contribution in [0.2, 0.25) is 0 Å². The van der Waals surface area contributed by atoms with Crippen molar-refractivity contribution in [2.24, 2.45) is 0 Å². The van der Waals surface area contributed by atoms with Crippen molar-refractivity contribution in [2.45, 2.75) is 31.4 Å². The SMILES string of the molecule is Cc1cc(C)c(NC(=O)CNC(=O)c2ccc(S(=O)(=O)C(F)F)cc2)c(C)c1. The molecule has 2 amide bonds. The molecule has 0 aromatic heterocycles. The smallest absolute Gasteiger partial charge is 0.341 e. The summed E-state index contributed by atoms with van der Waals surface area (Å²) in [4.78, 5) is 23.6. The van der Waals surface area contributed by atoms with Crippen LogP contribution in [0, 0.1) is 20.8 Å². The van der Waals surface area contributed by atoms with Crippen molar-refractivity contribution >= 4 is 27.3 Å². The Morgan fingerprint density at radius 2 is 1.54 bits per heavy atom. The summed E-state index contributed by atoms with van der Waals surface area (Å²) in [5.41, 5.74) is 3.58. The van der Waals surface area contributed by atoms with Gasteiger partial charge in [-0.25, -0.2) is 8.42 Å². The Balaban J connectivity index is 2.00. The quantitative estimate of drug-likeness (QED) is 0.766. The molecule has 0 saturated heterocycles. The van der Waals surface area contributed by atoms with E-state index in [9.17, 15) is 26.8 Å². The van der Waals surface area contributed by atoms with E-state index in [4.69, 9.17) is 0 Å². The van der Waals surface area contributed by atoms with E-state index < -0.39 is 32.3 Å². The monoisotopic (exact) mass is 410 g/mol. The maximum absolute atomic E-state index is 12.5. The maximum Gasteiger partial charge on any atom is 0.341 e. The van der Waals surface area contributed by atoms with Gasteiger partial charge < -0.3 is 10.6 Å². The van der Waals surface area contributed by atoms with Crippen LogP contribution in [0.5, 0.6) is 0 Å². The maximum atomic E-state index is 12.5. The molecule has 2 aromatic carbocycles. The molecule has 0 spiro atoms. The number of hydrogen-bond acceptors (Lipinski definition) is 4. The first kappa shape index (κ1) is 21.5. The van der Waals surface area contributed by atoms with Crippen molar-refractivity contribution in [2.75, 3.05) is 11.9 Å².